The summed E-state index contributed by atoms with van der Waals surface area (Å²) < 4.78 is 44.8. The first-order valence-electron chi connectivity index (χ1n) is 20.5. The van der Waals surface area contributed by atoms with E-state index < -0.39 is 185 Å². The van der Waals surface area contributed by atoms with E-state index in [9.17, 15) is 86.2 Å². The van der Waals surface area contributed by atoms with Crippen molar-refractivity contribution in [2.45, 2.75) is 166 Å². The number of aliphatic hydroxyl groups excluding tert-OH is 13. The molecule has 19 N–H and O–H groups in total. The van der Waals surface area contributed by atoms with Crippen molar-refractivity contribution >= 4 is 11.9 Å². The largest absolute Gasteiger partial charge is 0.477 e. The topological polar surface area (TPSA) is 512 Å². The van der Waals surface area contributed by atoms with Crippen LogP contribution in [0, 0.1) is 0 Å². The summed E-state index contributed by atoms with van der Waals surface area (Å²) in [6.07, 6.45) is -35.6. The number of unbranched alkanes of at least 4 members (excludes halogenated alkanes) is 2. The maximum atomic E-state index is 13.0. The second-order valence-electron chi connectivity index (χ2n) is 16.1. The lowest BCUT2D eigenvalue weighted by atomic mass is 9.88. The average Bonchev–Trinajstić information content (AvgIpc) is 3.28. The molecule has 65 heavy (non-hydrogen) atoms. The van der Waals surface area contributed by atoms with Crippen LogP contribution in [0.15, 0.2) is 5.11 Å². The number of ether oxygens (including phenoxy) is 8. The molecule has 30 heteroatoms. The molecule has 0 saturated carbocycles. The van der Waals surface area contributed by atoms with E-state index >= 15 is 0 Å². The Morgan fingerprint density at radius 2 is 1.17 bits per heavy atom. The SMILES string of the molecule is [N-]=[N+]=NCCCCCO[C@H]1OC(CO[C@]2(C(=O)O)C[C@@H](O[C@H]3OC(CO[C@]4(C(=O)O)C[C@@H](O)[C@@H](N)C([C@H](O)[C@H](O)CO)O4)[C@H](O)[C@H](O)C3O)[C@@H](N)C([C@H](O)[C@H](O)CO)O2)[C@H](O)[C@H](O)C1O. The number of aliphatic carboxylic acids is 2. The van der Waals surface area contributed by atoms with Crippen LogP contribution in [0.4, 0.5) is 0 Å². The quantitative estimate of drug-likeness (QED) is 0.0196. The van der Waals surface area contributed by atoms with Gasteiger partial charge in [-0.1, -0.05) is 11.5 Å². The highest BCUT2D eigenvalue weighted by atomic mass is 16.8. The number of carboxylic acid groups (broad SMARTS) is 2. The summed E-state index contributed by atoms with van der Waals surface area (Å²) >= 11 is 0. The van der Waals surface area contributed by atoms with Crippen LogP contribution in [-0.2, 0) is 47.5 Å². The smallest absolute Gasteiger partial charge is 0.364 e. The number of aliphatic hydroxyl groups is 13. The van der Waals surface area contributed by atoms with E-state index in [1.54, 1.807) is 0 Å². The Bertz CT molecular complexity index is 1570. The lowest BCUT2D eigenvalue weighted by Gasteiger charge is -2.49. The third kappa shape index (κ3) is 12.7. The second kappa shape index (κ2) is 24.1. The summed E-state index contributed by atoms with van der Waals surface area (Å²) in [4.78, 5) is 28.2. The van der Waals surface area contributed by atoms with Crippen LogP contribution in [0.25, 0.3) is 10.4 Å². The van der Waals surface area contributed by atoms with Crippen molar-refractivity contribution in [3.05, 3.63) is 10.4 Å². The van der Waals surface area contributed by atoms with Crippen molar-refractivity contribution in [3.63, 3.8) is 0 Å². The van der Waals surface area contributed by atoms with Gasteiger partial charge in [-0.3, -0.25) is 0 Å². The third-order valence-corrected chi connectivity index (χ3v) is 11.6. The first kappa shape index (κ1) is 54.9. The van der Waals surface area contributed by atoms with E-state index in [1.165, 1.54) is 0 Å². The Hall–Kier alpha value is -2.67. The van der Waals surface area contributed by atoms with E-state index in [0.717, 1.165) is 0 Å². The summed E-state index contributed by atoms with van der Waals surface area (Å²) in [5.41, 5.74) is 20.6. The summed E-state index contributed by atoms with van der Waals surface area (Å²) in [7, 11) is 0. The van der Waals surface area contributed by atoms with Crippen LogP contribution >= 0.6 is 0 Å². The number of nitrogens with zero attached hydrogens (tertiary/aromatic N) is 3. The summed E-state index contributed by atoms with van der Waals surface area (Å²) in [6, 6.07) is -3.24. The van der Waals surface area contributed by atoms with Gasteiger partial charge in [0.2, 0.25) is 0 Å². The van der Waals surface area contributed by atoms with Crippen LogP contribution in [0.3, 0.4) is 0 Å². The molecule has 0 radical (unpaired) electrons. The van der Waals surface area contributed by atoms with Gasteiger partial charge in [0.1, 0.15) is 85.5 Å². The molecule has 0 aliphatic carbocycles. The molecule has 6 unspecified atom stereocenters. The van der Waals surface area contributed by atoms with Crippen LogP contribution in [0.5, 0.6) is 0 Å². The highest BCUT2D eigenvalue weighted by Gasteiger charge is 2.59. The van der Waals surface area contributed by atoms with Gasteiger partial charge in [0.15, 0.2) is 12.6 Å². The highest BCUT2D eigenvalue weighted by molar-refractivity contribution is 5.76. The Morgan fingerprint density at radius 1 is 0.692 bits per heavy atom. The molecule has 4 rings (SSSR count). The minimum absolute atomic E-state index is 0.0406. The zero-order chi connectivity index (χ0) is 48.6. The zero-order valence-corrected chi connectivity index (χ0v) is 34.6. The van der Waals surface area contributed by atoms with E-state index in [1.807, 2.05) is 0 Å². The van der Waals surface area contributed by atoms with Crippen LogP contribution in [-0.4, -0.2) is 262 Å². The van der Waals surface area contributed by atoms with Gasteiger partial charge in [-0.15, -0.1) is 0 Å². The Balaban J connectivity index is 1.56. The number of rotatable bonds is 23. The molecule has 30 nitrogen and oxygen atoms in total. The van der Waals surface area contributed by atoms with Gasteiger partial charge >= 0.3 is 11.9 Å². The molecule has 0 spiro atoms. The second-order valence-corrected chi connectivity index (χ2v) is 16.1. The molecule has 0 amide bonds. The summed E-state index contributed by atoms with van der Waals surface area (Å²) in [5.74, 6) is -9.75. The highest BCUT2D eigenvalue weighted by Crippen LogP contribution is 2.38. The monoisotopic (exact) mass is 951 g/mol. The van der Waals surface area contributed by atoms with Crippen molar-refractivity contribution in [2.75, 3.05) is 39.6 Å². The lowest BCUT2D eigenvalue weighted by Crippen LogP contribution is -2.69. The molecule has 4 aliphatic rings. The number of nitrogens with two attached hydrogens (primary N) is 2. The van der Waals surface area contributed by atoms with Gasteiger partial charge in [0, 0.05) is 30.9 Å². The third-order valence-electron chi connectivity index (χ3n) is 11.6. The number of azide groups is 1. The number of hydrogen-bond donors (Lipinski definition) is 17. The van der Waals surface area contributed by atoms with Gasteiger partial charge in [0.25, 0.3) is 11.6 Å². The first-order chi connectivity index (χ1) is 30.6. The van der Waals surface area contributed by atoms with Crippen molar-refractivity contribution in [3.8, 4) is 0 Å². The molecule has 4 aliphatic heterocycles. The van der Waals surface area contributed by atoms with Crippen molar-refractivity contribution < 1.29 is 124 Å². The zero-order valence-electron chi connectivity index (χ0n) is 34.6. The molecule has 0 aromatic carbocycles. The maximum Gasteiger partial charge on any atom is 0.364 e. The normalized spacial score (nSPS) is 42.0. The van der Waals surface area contributed by atoms with Gasteiger partial charge in [-0.25, -0.2) is 9.59 Å². The van der Waals surface area contributed by atoms with Crippen molar-refractivity contribution in [2.24, 2.45) is 16.6 Å². The molecule has 4 fully saturated rings. The molecular formula is C35H61N5O25. The van der Waals surface area contributed by atoms with Crippen LogP contribution < -0.4 is 11.5 Å². The van der Waals surface area contributed by atoms with Gasteiger partial charge in [0.05, 0.1) is 50.7 Å². The molecule has 0 bridgehead atoms. The Morgan fingerprint density at radius 3 is 1.66 bits per heavy atom. The summed E-state index contributed by atoms with van der Waals surface area (Å²) in [6.45, 7) is -3.99. The minimum Gasteiger partial charge on any atom is -0.477 e. The van der Waals surface area contributed by atoms with Crippen molar-refractivity contribution in [1.29, 1.82) is 0 Å². The fourth-order valence-electron chi connectivity index (χ4n) is 7.58. The molecule has 22 atom stereocenters. The summed E-state index contributed by atoms with van der Waals surface area (Å²) in [5, 5.41) is 160. The minimum atomic E-state index is -2.99. The standard InChI is InChI=1S/C35H61N5O25/c36-18-12(43)6-34(32(54)55,64-28(18)20(46)13(44)8-41)59-11-17-23(49)25(51)27(53)31(63-17)61-15-7-35(33(56)57,65-29(19(15)37)21(47)14(45)9-42)60-10-16-22(48)24(50)26(52)30(62-16)58-5-3-1-2-4-39-40-38/h12-31,41-53H,1-11,36-37H2,(H,54,55)(H,56,57)/t12-,13-,14-,15-,16?,17?,18-,19-,20-,21-,22+,23+,24+,25+,26?,27?,28?,29?,30+,31+,34-,35-/m1/s1. The lowest BCUT2D eigenvalue weighted by molar-refractivity contribution is -0.363. The predicted octanol–water partition coefficient (Wildman–Crippen LogP) is -8.90. The molecule has 0 aromatic rings. The molecule has 376 valence electrons. The molecular weight excluding hydrogens is 890 g/mol. The van der Waals surface area contributed by atoms with E-state index in [2.05, 4.69) is 10.0 Å². The van der Waals surface area contributed by atoms with Crippen LogP contribution in [0.1, 0.15) is 32.1 Å². The predicted molar refractivity (Wildman–Crippen MR) is 204 cm³/mol. The fraction of sp³-hybridized carbons (Fsp3) is 0.943. The number of carbonyl (C=O) groups is 2. The number of hydrogen-bond acceptors (Lipinski definition) is 26. The average molecular weight is 952 g/mol. The van der Waals surface area contributed by atoms with E-state index in [0.29, 0.717) is 19.3 Å². The Kier molecular flexibility index (Phi) is 20.3. The molecule has 4 saturated heterocycles. The first-order valence-corrected chi connectivity index (χ1v) is 20.5. The molecule has 0 aromatic heterocycles. The molecule has 4 heterocycles. The van der Waals surface area contributed by atoms with E-state index in [4.69, 9.17) is 54.9 Å². The van der Waals surface area contributed by atoms with Crippen LogP contribution in [0.2, 0.25) is 0 Å². The fourth-order valence-corrected chi connectivity index (χ4v) is 7.58. The van der Waals surface area contributed by atoms with E-state index in [-0.39, 0.29) is 13.2 Å². The van der Waals surface area contributed by atoms with Gasteiger partial charge < -0.3 is 126 Å². The van der Waals surface area contributed by atoms with Gasteiger partial charge in [-0.2, -0.15) is 0 Å². The maximum absolute atomic E-state index is 13.0. The van der Waals surface area contributed by atoms with Gasteiger partial charge in [-0.05, 0) is 18.4 Å². The number of carboxylic acids is 2. The Labute approximate surface area is 368 Å². The van der Waals surface area contributed by atoms with Crippen molar-refractivity contribution in [1.82, 2.24) is 0 Å².